The molecule has 1 aromatic carbocycles. The number of rotatable bonds is 2. The number of carbonyl (C=O) groups is 1. The number of methoxy groups -OCH3 is 1. The molecule has 3 rings (SSSR count). The largest absolute Gasteiger partial charge is 0.496 e. The number of hydrogen-bond donors (Lipinski definition) is 1. The minimum absolute atomic E-state index is 0.229. The Labute approximate surface area is 112 Å². The first kappa shape index (κ1) is 12.1. The van der Waals surface area contributed by atoms with Crippen LogP contribution in [-0.4, -0.2) is 13.1 Å². The lowest BCUT2D eigenvalue weighted by Gasteiger charge is -2.20. The number of anilines is 1. The fourth-order valence-electron chi connectivity index (χ4n) is 3.07. The van der Waals surface area contributed by atoms with Crippen LogP contribution in [-0.2, 0) is 11.3 Å². The summed E-state index contributed by atoms with van der Waals surface area (Å²) in [7, 11) is 1.65. The molecule has 2 N–H and O–H groups in total. The van der Waals surface area contributed by atoms with Crippen LogP contribution in [0.25, 0.3) is 0 Å². The van der Waals surface area contributed by atoms with E-state index in [4.69, 9.17) is 15.2 Å². The zero-order valence-electron chi connectivity index (χ0n) is 11.2. The van der Waals surface area contributed by atoms with Crippen molar-refractivity contribution in [1.82, 2.24) is 0 Å². The Balaban J connectivity index is 2.28. The number of esters is 1. The van der Waals surface area contributed by atoms with E-state index in [-0.39, 0.29) is 11.9 Å². The van der Waals surface area contributed by atoms with Gasteiger partial charge in [-0.2, -0.15) is 0 Å². The van der Waals surface area contributed by atoms with E-state index in [0.29, 0.717) is 17.9 Å². The second-order valence-electron chi connectivity index (χ2n) is 5.03. The number of fused-ring (bicyclic) bond motifs is 1. The maximum absolute atomic E-state index is 11.8. The average Bonchev–Trinajstić information content (AvgIpc) is 3.03. The monoisotopic (exact) mass is 259 g/mol. The number of allylic oxidation sites excluding steroid dienone is 2. The Bertz CT molecular complexity index is 590. The molecule has 1 aromatic rings. The maximum Gasteiger partial charge on any atom is 0.341 e. The molecule has 0 bridgehead atoms. The van der Waals surface area contributed by atoms with E-state index in [1.165, 1.54) is 0 Å². The molecule has 4 nitrogen and oxygen atoms in total. The zero-order chi connectivity index (χ0) is 13.6. The predicted octanol–water partition coefficient (Wildman–Crippen LogP) is 2.69. The lowest BCUT2D eigenvalue weighted by atomic mass is 9.88. The van der Waals surface area contributed by atoms with Gasteiger partial charge in [0.15, 0.2) is 0 Å². The number of hydrogen-bond acceptors (Lipinski definition) is 4. The summed E-state index contributed by atoms with van der Waals surface area (Å²) in [6.07, 6.45) is 6.33. The topological polar surface area (TPSA) is 61.5 Å². The second kappa shape index (κ2) is 4.30. The standard InChI is InChI=1S/C15H17NO3/c1-8-10-7-19-15(17)12(10)13(16)11(14(8)18-2)9-5-3-4-6-9/h3,5,9H,4,6-7,16H2,1-2H3. The summed E-state index contributed by atoms with van der Waals surface area (Å²) in [6.45, 7) is 2.25. The smallest absolute Gasteiger partial charge is 0.341 e. The fraction of sp³-hybridized carbons (Fsp3) is 0.400. The van der Waals surface area contributed by atoms with Crippen LogP contribution < -0.4 is 10.5 Å². The van der Waals surface area contributed by atoms with E-state index < -0.39 is 0 Å². The zero-order valence-corrected chi connectivity index (χ0v) is 11.2. The van der Waals surface area contributed by atoms with E-state index in [2.05, 4.69) is 12.2 Å². The molecule has 1 unspecified atom stereocenters. The molecule has 0 amide bonds. The van der Waals surface area contributed by atoms with Crippen LogP contribution in [0.4, 0.5) is 5.69 Å². The summed E-state index contributed by atoms with van der Waals surface area (Å²) in [5.74, 6) is 0.708. The van der Waals surface area contributed by atoms with Crippen molar-refractivity contribution in [2.45, 2.75) is 32.3 Å². The quantitative estimate of drug-likeness (QED) is 0.504. The first-order valence-corrected chi connectivity index (χ1v) is 6.47. The molecule has 100 valence electrons. The number of nitrogens with two attached hydrogens (primary N) is 1. The SMILES string of the molecule is COc1c(C)c2c(c(N)c1C1C=CCC1)C(=O)OC2. The van der Waals surface area contributed by atoms with Crippen LogP contribution in [0.2, 0.25) is 0 Å². The third-order valence-electron chi connectivity index (χ3n) is 4.04. The highest BCUT2D eigenvalue weighted by Gasteiger charge is 2.33. The van der Waals surface area contributed by atoms with Crippen molar-refractivity contribution in [2.24, 2.45) is 0 Å². The Kier molecular flexibility index (Phi) is 2.73. The van der Waals surface area contributed by atoms with Gasteiger partial charge in [-0.1, -0.05) is 12.2 Å². The van der Waals surface area contributed by atoms with Crippen molar-refractivity contribution < 1.29 is 14.3 Å². The van der Waals surface area contributed by atoms with Crippen LogP contribution in [0, 0.1) is 6.92 Å². The molecule has 19 heavy (non-hydrogen) atoms. The molecule has 0 radical (unpaired) electrons. The summed E-state index contributed by atoms with van der Waals surface area (Å²) in [4.78, 5) is 11.8. The summed E-state index contributed by atoms with van der Waals surface area (Å²) in [5.41, 5.74) is 10.1. The highest BCUT2D eigenvalue weighted by atomic mass is 16.5. The molecule has 1 aliphatic heterocycles. The van der Waals surface area contributed by atoms with Gasteiger partial charge in [-0.15, -0.1) is 0 Å². The summed E-state index contributed by atoms with van der Waals surface area (Å²) in [5, 5.41) is 0. The first-order valence-electron chi connectivity index (χ1n) is 6.47. The number of carbonyl (C=O) groups excluding carboxylic acids is 1. The molecule has 0 aromatic heterocycles. The Morgan fingerprint density at radius 2 is 2.26 bits per heavy atom. The molecular weight excluding hydrogens is 242 g/mol. The van der Waals surface area contributed by atoms with Crippen LogP contribution in [0.3, 0.4) is 0 Å². The lowest BCUT2D eigenvalue weighted by Crippen LogP contribution is -2.10. The highest BCUT2D eigenvalue weighted by Crippen LogP contribution is 2.45. The molecule has 1 aliphatic carbocycles. The Hall–Kier alpha value is -1.97. The van der Waals surface area contributed by atoms with E-state index >= 15 is 0 Å². The molecule has 0 saturated carbocycles. The predicted molar refractivity (Wildman–Crippen MR) is 72.4 cm³/mol. The van der Waals surface area contributed by atoms with Crippen LogP contribution in [0.5, 0.6) is 5.75 Å². The van der Waals surface area contributed by atoms with Gasteiger partial charge in [0.1, 0.15) is 12.4 Å². The van der Waals surface area contributed by atoms with E-state index in [0.717, 1.165) is 35.3 Å². The average molecular weight is 259 g/mol. The summed E-state index contributed by atoms with van der Waals surface area (Å²) >= 11 is 0. The molecule has 0 spiro atoms. The molecule has 4 heteroatoms. The van der Waals surface area contributed by atoms with Crippen LogP contribution >= 0.6 is 0 Å². The number of ether oxygens (including phenoxy) is 2. The normalized spacial score (nSPS) is 20.5. The third-order valence-corrected chi connectivity index (χ3v) is 4.04. The minimum Gasteiger partial charge on any atom is -0.496 e. The van der Waals surface area contributed by atoms with Crippen molar-refractivity contribution >= 4 is 11.7 Å². The summed E-state index contributed by atoms with van der Waals surface area (Å²) in [6, 6.07) is 0. The van der Waals surface area contributed by atoms with Gasteiger partial charge in [-0.3, -0.25) is 0 Å². The van der Waals surface area contributed by atoms with Crippen LogP contribution in [0.1, 0.15) is 45.8 Å². The van der Waals surface area contributed by atoms with Crippen molar-refractivity contribution in [3.8, 4) is 5.75 Å². The molecule has 2 aliphatic rings. The fourth-order valence-corrected chi connectivity index (χ4v) is 3.07. The van der Waals surface area contributed by atoms with Gasteiger partial charge >= 0.3 is 5.97 Å². The van der Waals surface area contributed by atoms with Gasteiger partial charge in [0.25, 0.3) is 0 Å². The van der Waals surface area contributed by atoms with Crippen molar-refractivity contribution in [3.05, 3.63) is 34.4 Å². The van der Waals surface area contributed by atoms with E-state index in [1.54, 1.807) is 7.11 Å². The Morgan fingerprint density at radius 1 is 1.47 bits per heavy atom. The van der Waals surface area contributed by atoms with Gasteiger partial charge in [0.05, 0.1) is 18.4 Å². The van der Waals surface area contributed by atoms with Crippen LogP contribution in [0.15, 0.2) is 12.2 Å². The van der Waals surface area contributed by atoms with E-state index in [1.807, 2.05) is 6.92 Å². The van der Waals surface area contributed by atoms with Crippen molar-refractivity contribution in [2.75, 3.05) is 12.8 Å². The van der Waals surface area contributed by atoms with E-state index in [9.17, 15) is 4.79 Å². The highest BCUT2D eigenvalue weighted by molar-refractivity contribution is 6.01. The third kappa shape index (κ3) is 1.63. The van der Waals surface area contributed by atoms with Gasteiger partial charge in [0.2, 0.25) is 0 Å². The molecular formula is C15H17NO3. The number of nitrogen functional groups attached to an aromatic ring is 1. The second-order valence-corrected chi connectivity index (χ2v) is 5.03. The van der Waals surface area contributed by atoms with Crippen molar-refractivity contribution in [3.63, 3.8) is 0 Å². The number of benzene rings is 1. The molecule has 1 heterocycles. The van der Waals surface area contributed by atoms with Gasteiger partial charge in [-0.25, -0.2) is 4.79 Å². The summed E-state index contributed by atoms with van der Waals surface area (Å²) < 4.78 is 10.7. The van der Waals surface area contributed by atoms with Gasteiger partial charge < -0.3 is 15.2 Å². The minimum atomic E-state index is -0.318. The first-order chi connectivity index (χ1) is 9.15. The number of cyclic esters (lactones) is 1. The van der Waals surface area contributed by atoms with Crippen molar-refractivity contribution in [1.29, 1.82) is 0 Å². The molecule has 1 atom stereocenters. The van der Waals surface area contributed by atoms with Gasteiger partial charge in [-0.05, 0) is 25.3 Å². The molecule has 0 saturated heterocycles. The maximum atomic E-state index is 11.8. The molecule has 0 fully saturated rings. The lowest BCUT2D eigenvalue weighted by molar-refractivity contribution is 0.0535. The Morgan fingerprint density at radius 3 is 2.89 bits per heavy atom. The van der Waals surface area contributed by atoms with Gasteiger partial charge in [0, 0.05) is 17.0 Å².